The lowest BCUT2D eigenvalue weighted by atomic mass is 10.1. The van der Waals surface area contributed by atoms with Crippen LogP contribution < -0.4 is 5.73 Å². The normalized spacial score (nSPS) is 23.2. The zero-order chi connectivity index (χ0) is 15.6. The third-order valence-electron chi connectivity index (χ3n) is 3.81. The minimum atomic E-state index is -0.346. The number of carbonyl (C=O) groups excluding carboxylic acids is 1. The van der Waals surface area contributed by atoms with E-state index in [1.165, 1.54) is 23.3 Å². The maximum atomic E-state index is 11.7. The highest BCUT2D eigenvalue weighted by Crippen LogP contribution is 2.31. The first-order chi connectivity index (χ1) is 9.92. The van der Waals surface area contributed by atoms with Crippen molar-refractivity contribution in [1.82, 2.24) is 4.90 Å². The Morgan fingerprint density at radius 1 is 1.43 bits per heavy atom. The van der Waals surface area contributed by atoms with Crippen molar-refractivity contribution in [2.45, 2.75) is 39.4 Å². The number of esters is 1. The molecule has 0 aromatic carbocycles. The van der Waals surface area contributed by atoms with Crippen molar-refractivity contribution in [3.05, 3.63) is 16.0 Å². The van der Waals surface area contributed by atoms with E-state index in [2.05, 4.69) is 18.7 Å². The van der Waals surface area contributed by atoms with E-state index in [0.717, 1.165) is 31.6 Å². The van der Waals surface area contributed by atoms with Crippen LogP contribution in [0.15, 0.2) is 0 Å². The summed E-state index contributed by atoms with van der Waals surface area (Å²) in [5.74, 6) is -0.346. The SMILES string of the molecule is COC(=O)c1c(N)sc(CCN2CC(C)OC(C)C2)c1C. The largest absolute Gasteiger partial charge is 0.465 e. The van der Waals surface area contributed by atoms with Gasteiger partial charge in [-0.15, -0.1) is 11.3 Å². The quantitative estimate of drug-likeness (QED) is 0.862. The van der Waals surface area contributed by atoms with E-state index in [9.17, 15) is 4.79 Å². The second kappa shape index (κ2) is 6.77. The molecule has 0 spiro atoms. The van der Waals surface area contributed by atoms with Crippen molar-refractivity contribution >= 4 is 22.3 Å². The van der Waals surface area contributed by atoms with Crippen molar-refractivity contribution < 1.29 is 14.3 Å². The van der Waals surface area contributed by atoms with Crippen molar-refractivity contribution in [3.8, 4) is 0 Å². The monoisotopic (exact) mass is 312 g/mol. The van der Waals surface area contributed by atoms with Crippen molar-refractivity contribution in [1.29, 1.82) is 0 Å². The summed E-state index contributed by atoms with van der Waals surface area (Å²) in [6.45, 7) is 9.01. The van der Waals surface area contributed by atoms with Crippen LogP contribution in [0.3, 0.4) is 0 Å². The Hall–Kier alpha value is -1.11. The number of rotatable bonds is 4. The molecule has 118 valence electrons. The molecule has 1 aromatic heterocycles. The van der Waals surface area contributed by atoms with Crippen molar-refractivity contribution in [3.63, 3.8) is 0 Å². The number of hydrogen-bond donors (Lipinski definition) is 1. The van der Waals surface area contributed by atoms with Gasteiger partial charge in [0, 0.05) is 24.5 Å². The number of nitrogen functional groups attached to an aromatic ring is 1. The molecule has 1 aliphatic rings. The minimum absolute atomic E-state index is 0.272. The van der Waals surface area contributed by atoms with E-state index in [-0.39, 0.29) is 18.2 Å². The van der Waals surface area contributed by atoms with E-state index in [4.69, 9.17) is 15.2 Å². The average Bonchev–Trinajstić information content (AvgIpc) is 2.69. The number of morpholine rings is 1. The number of carbonyl (C=O) groups is 1. The summed E-state index contributed by atoms with van der Waals surface area (Å²) in [6.07, 6.45) is 1.44. The van der Waals surface area contributed by atoms with Gasteiger partial charge in [-0.2, -0.15) is 0 Å². The third-order valence-corrected chi connectivity index (χ3v) is 4.99. The van der Waals surface area contributed by atoms with Crippen LogP contribution in [0.4, 0.5) is 5.00 Å². The molecule has 21 heavy (non-hydrogen) atoms. The molecule has 1 fully saturated rings. The van der Waals surface area contributed by atoms with E-state index < -0.39 is 0 Å². The molecule has 0 aliphatic carbocycles. The molecule has 6 heteroatoms. The Bertz CT molecular complexity index is 505. The smallest absolute Gasteiger partial charge is 0.341 e. The predicted octanol–water partition coefficient (Wildman–Crippen LogP) is 2.08. The van der Waals surface area contributed by atoms with Gasteiger partial charge in [0.2, 0.25) is 0 Å². The molecule has 1 aliphatic heterocycles. The fraction of sp³-hybridized carbons (Fsp3) is 0.667. The molecule has 2 heterocycles. The van der Waals surface area contributed by atoms with Gasteiger partial charge in [-0.1, -0.05) is 0 Å². The number of thiophene rings is 1. The fourth-order valence-electron chi connectivity index (χ4n) is 2.91. The van der Waals surface area contributed by atoms with Gasteiger partial charge in [-0.05, 0) is 32.8 Å². The third kappa shape index (κ3) is 3.75. The van der Waals surface area contributed by atoms with Crippen LogP contribution >= 0.6 is 11.3 Å². The van der Waals surface area contributed by atoms with Crippen molar-refractivity contribution in [2.75, 3.05) is 32.5 Å². The van der Waals surface area contributed by atoms with Gasteiger partial charge in [0.15, 0.2) is 0 Å². The lowest BCUT2D eigenvalue weighted by Gasteiger charge is -2.35. The minimum Gasteiger partial charge on any atom is -0.465 e. The number of anilines is 1. The summed E-state index contributed by atoms with van der Waals surface area (Å²) >= 11 is 1.49. The zero-order valence-electron chi connectivity index (χ0n) is 13.1. The van der Waals surface area contributed by atoms with Gasteiger partial charge in [0.1, 0.15) is 5.00 Å². The molecule has 0 amide bonds. The molecule has 0 bridgehead atoms. The van der Waals surface area contributed by atoms with Gasteiger partial charge in [0.05, 0.1) is 24.9 Å². The molecule has 2 rings (SSSR count). The highest BCUT2D eigenvalue weighted by Gasteiger charge is 2.24. The number of nitrogens with zero attached hydrogens (tertiary/aromatic N) is 1. The Morgan fingerprint density at radius 2 is 2.05 bits per heavy atom. The molecule has 1 saturated heterocycles. The van der Waals surface area contributed by atoms with Crippen LogP contribution in [0.25, 0.3) is 0 Å². The lowest BCUT2D eigenvalue weighted by Crippen LogP contribution is -2.46. The Balaban J connectivity index is 2.02. The molecule has 2 unspecified atom stereocenters. The number of methoxy groups -OCH3 is 1. The number of nitrogens with two attached hydrogens (primary N) is 1. The van der Waals surface area contributed by atoms with Crippen LogP contribution in [0.5, 0.6) is 0 Å². The summed E-state index contributed by atoms with van der Waals surface area (Å²) in [7, 11) is 1.38. The van der Waals surface area contributed by atoms with Gasteiger partial charge < -0.3 is 15.2 Å². The maximum absolute atomic E-state index is 11.7. The molecular weight excluding hydrogens is 288 g/mol. The maximum Gasteiger partial charge on any atom is 0.341 e. The standard InChI is InChI=1S/C15H24N2O3S/c1-9-7-17(8-10(2)20-9)6-5-12-11(3)13(14(16)21-12)15(18)19-4/h9-10H,5-8,16H2,1-4H3. The number of hydrogen-bond acceptors (Lipinski definition) is 6. The van der Waals surface area contributed by atoms with E-state index in [1.54, 1.807) is 0 Å². The first kappa shape index (κ1) is 16.3. The molecule has 5 nitrogen and oxygen atoms in total. The van der Waals surface area contributed by atoms with E-state index in [0.29, 0.717) is 10.6 Å². The van der Waals surface area contributed by atoms with Crippen molar-refractivity contribution in [2.24, 2.45) is 0 Å². The summed E-state index contributed by atoms with van der Waals surface area (Å²) in [5, 5.41) is 0.554. The molecule has 2 N–H and O–H groups in total. The Labute approximate surface area is 130 Å². The van der Waals surface area contributed by atoms with E-state index >= 15 is 0 Å². The fourth-order valence-corrected chi connectivity index (χ4v) is 3.96. The first-order valence-corrected chi connectivity index (χ1v) is 8.07. The van der Waals surface area contributed by atoms with Gasteiger partial charge in [0.25, 0.3) is 0 Å². The highest BCUT2D eigenvalue weighted by molar-refractivity contribution is 7.16. The van der Waals surface area contributed by atoms with Gasteiger partial charge >= 0.3 is 5.97 Å². The summed E-state index contributed by atoms with van der Waals surface area (Å²) in [6, 6.07) is 0. The molecule has 0 radical (unpaired) electrons. The van der Waals surface area contributed by atoms with Crippen LogP contribution in [0.1, 0.15) is 34.6 Å². The average molecular weight is 312 g/mol. The molecular formula is C15H24N2O3S. The Kier molecular flexibility index (Phi) is 5.24. The van der Waals surface area contributed by atoms with E-state index in [1.807, 2.05) is 6.92 Å². The summed E-state index contributed by atoms with van der Waals surface area (Å²) in [4.78, 5) is 15.3. The zero-order valence-corrected chi connectivity index (χ0v) is 14.0. The topological polar surface area (TPSA) is 64.8 Å². The molecule has 0 saturated carbocycles. The highest BCUT2D eigenvalue weighted by atomic mass is 32.1. The summed E-state index contributed by atoms with van der Waals surface area (Å²) in [5.41, 5.74) is 7.44. The first-order valence-electron chi connectivity index (χ1n) is 7.26. The Morgan fingerprint density at radius 3 is 2.62 bits per heavy atom. The second-order valence-corrected chi connectivity index (χ2v) is 6.78. The van der Waals surface area contributed by atoms with Gasteiger partial charge in [-0.3, -0.25) is 4.90 Å². The molecule has 1 aromatic rings. The second-order valence-electron chi connectivity index (χ2n) is 5.65. The number of ether oxygens (including phenoxy) is 2. The van der Waals surface area contributed by atoms with Crippen LogP contribution in [0, 0.1) is 6.92 Å². The molecule has 2 atom stereocenters. The lowest BCUT2D eigenvalue weighted by molar-refractivity contribution is -0.0675. The predicted molar refractivity (Wildman–Crippen MR) is 85.0 cm³/mol. The van der Waals surface area contributed by atoms with Crippen LogP contribution in [0.2, 0.25) is 0 Å². The van der Waals surface area contributed by atoms with Gasteiger partial charge in [-0.25, -0.2) is 4.79 Å². The van der Waals surface area contributed by atoms with Crippen LogP contribution in [-0.2, 0) is 15.9 Å². The summed E-state index contributed by atoms with van der Waals surface area (Å²) < 4.78 is 10.5. The van der Waals surface area contributed by atoms with Crippen LogP contribution in [-0.4, -0.2) is 49.8 Å².